The van der Waals surface area contributed by atoms with E-state index in [4.69, 9.17) is 4.74 Å². The van der Waals surface area contributed by atoms with E-state index in [1.54, 1.807) is 18.2 Å². The Labute approximate surface area is 169 Å². The van der Waals surface area contributed by atoms with Crippen molar-refractivity contribution in [2.75, 3.05) is 19.7 Å². The lowest BCUT2D eigenvalue weighted by Gasteiger charge is -2.34. The summed E-state index contributed by atoms with van der Waals surface area (Å²) in [6.45, 7) is 0.755. The Kier molecular flexibility index (Phi) is 6.97. The van der Waals surface area contributed by atoms with E-state index in [1.807, 2.05) is 30.3 Å². The van der Waals surface area contributed by atoms with E-state index in [-0.39, 0.29) is 24.5 Å². The van der Waals surface area contributed by atoms with Gasteiger partial charge in [-0.2, -0.15) is 4.31 Å². The number of nitrogens with zero attached hydrogens (tertiary/aromatic N) is 1. The summed E-state index contributed by atoms with van der Waals surface area (Å²) in [4.78, 5) is 24.2. The Morgan fingerprint density at radius 1 is 0.966 bits per heavy atom. The summed E-state index contributed by atoms with van der Waals surface area (Å²) in [5.74, 6) is -1.63. The van der Waals surface area contributed by atoms with Crippen LogP contribution in [0.4, 0.5) is 0 Å². The molecule has 0 bridgehead atoms. The molecule has 1 atom stereocenters. The zero-order valence-corrected chi connectivity index (χ0v) is 16.6. The molecule has 0 aromatic heterocycles. The van der Waals surface area contributed by atoms with E-state index in [2.05, 4.69) is 10.6 Å². The number of benzene rings is 2. The van der Waals surface area contributed by atoms with Gasteiger partial charge in [-0.25, -0.2) is 8.42 Å². The molecule has 2 amide bonds. The maximum atomic E-state index is 12.9. The van der Waals surface area contributed by atoms with E-state index in [1.165, 1.54) is 16.4 Å². The first-order chi connectivity index (χ1) is 14.0. The number of carbonyl (C=O) groups excluding carboxylic acids is 2. The highest BCUT2D eigenvalue weighted by molar-refractivity contribution is 7.89. The van der Waals surface area contributed by atoms with Crippen LogP contribution >= 0.6 is 0 Å². The second-order valence-electron chi connectivity index (χ2n) is 6.49. The van der Waals surface area contributed by atoms with Crippen molar-refractivity contribution < 1.29 is 22.7 Å². The third-order valence-electron chi connectivity index (χ3n) is 4.44. The van der Waals surface area contributed by atoms with Gasteiger partial charge in [0.25, 0.3) is 0 Å². The Morgan fingerprint density at radius 3 is 2.28 bits per heavy atom. The third-order valence-corrected chi connectivity index (χ3v) is 6.35. The first kappa shape index (κ1) is 21.0. The van der Waals surface area contributed by atoms with Crippen molar-refractivity contribution in [3.63, 3.8) is 0 Å². The Hall–Kier alpha value is -2.75. The minimum absolute atomic E-state index is 0.121. The molecular formula is C20H23N3O5S. The van der Waals surface area contributed by atoms with Crippen molar-refractivity contribution in [3.8, 4) is 0 Å². The van der Waals surface area contributed by atoms with Crippen LogP contribution in [0.1, 0.15) is 12.0 Å². The summed E-state index contributed by atoms with van der Waals surface area (Å²) in [5.41, 5.74) is 0.865. The summed E-state index contributed by atoms with van der Waals surface area (Å²) in [5, 5.41) is 4.99. The zero-order chi connectivity index (χ0) is 20.7. The van der Waals surface area contributed by atoms with Gasteiger partial charge in [-0.1, -0.05) is 48.5 Å². The number of carbonyl (C=O) groups is 2. The number of amides is 2. The number of sulfonamides is 1. The standard InChI is InChI=1S/C20H23N3O5S/c24-19(21-14-16-8-3-1-4-9-16)20(25)22-15-18-23(12-7-13-28-18)29(26,27)17-10-5-2-6-11-17/h1-6,8-11,18H,7,12-15H2,(H,21,24)(H,22,25)/t18-/m1/s1. The average Bonchev–Trinajstić information content (AvgIpc) is 2.77. The fourth-order valence-corrected chi connectivity index (χ4v) is 4.54. The highest BCUT2D eigenvalue weighted by Gasteiger charge is 2.34. The smallest absolute Gasteiger partial charge is 0.309 e. The predicted molar refractivity (Wildman–Crippen MR) is 106 cm³/mol. The van der Waals surface area contributed by atoms with Gasteiger partial charge in [-0.15, -0.1) is 0 Å². The van der Waals surface area contributed by atoms with Crippen molar-refractivity contribution in [2.45, 2.75) is 24.1 Å². The molecule has 154 valence electrons. The van der Waals surface area contributed by atoms with Crippen LogP contribution in [0.15, 0.2) is 65.6 Å². The van der Waals surface area contributed by atoms with Crippen LogP contribution in [0.3, 0.4) is 0 Å². The molecule has 0 saturated carbocycles. The first-order valence-electron chi connectivity index (χ1n) is 9.27. The Bertz CT molecular complexity index is 935. The topological polar surface area (TPSA) is 105 Å². The molecular weight excluding hydrogens is 394 g/mol. The van der Waals surface area contributed by atoms with Crippen LogP contribution in [-0.2, 0) is 30.9 Å². The second kappa shape index (κ2) is 9.64. The summed E-state index contributed by atoms with van der Waals surface area (Å²) < 4.78 is 32.6. The fourth-order valence-electron chi connectivity index (χ4n) is 2.95. The van der Waals surface area contributed by atoms with Gasteiger partial charge in [0.05, 0.1) is 18.0 Å². The predicted octanol–water partition coefficient (Wildman–Crippen LogP) is 0.856. The van der Waals surface area contributed by atoms with E-state index >= 15 is 0 Å². The van der Waals surface area contributed by atoms with Crippen molar-refractivity contribution in [1.29, 1.82) is 0 Å². The summed E-state index contributed by atoms with van der Waals surface area (Å²) in [7, 11) is -3.77. The van der Waals surface area contributed by atoms with Crippen LogP contribution in [0.2, 0.25) is 0 Å². The Balaban J connectivity index is 1.57. The van der Waals surface area contributed by atoms with Gasteiger partial charge in [0.15, 0.2) is 0 Å². The van der Waals surface area contributed by atoms with Crippen molar-refractivity contribution in [1.82, 2.24) is 14.9 Å². The molecule has 0 radical (unpaired) electrons. The minimum Gasteiger partial charge on any atom is -0.360 e. The van der Waals surface area contributed by atoms with Crippen molar-refractivity contribution in [2.24, 2.45) is 0 Å². The molecule has 0 unspecified atom stereocenters. The summed E-state index contributed by atoms with van der Waals surface area (Å²) in [6.07, 6.45) is -0.325. The molecule has 1 aliphatic rings. The van der Waals surface area contributed by atoms with E-state index in [0.29, 0.717) is 13.0 Å². The van der Waals surface area contributed by atoms with Gasteiger partial charge in [0.2, 0.25) is 10.0 Å². The van der Waals surface area contributed by atoms with Gasteiger partial charge in [0.1, 0.15) is 6.23 Å². The number of nitrogens with one attached hydrogen (secondary N) is 2. The third kappa shape index (κ3) is 5.41. The number of ether oxygens (including phenoxy) is 1. The minimum atomic E-state index is -3.77. The average molecular weight is 417 g/mol. The van der Waals surface area contributed by atoms with E-state index in [0.717, 1.165) is 5.56 Å². The fraction of sp³-hybridized carbons (Fsp3) is 0.300. The van der Waals surface area contributed by atoms with Crippen LogP contribution in [0.5, 0.6) is 0 Å². The molecule has 0 spiro atoms. The molecule has 2 aromatic carbocycles. The monoisotopic (exact) mass is 417 g/mol. The SMILES string of the molecule is O=C(NCc1ccccc1)C(=O)NC[C@H]1OCCCN1S(=O)(=O)c1ccccc1. The highest BCUT2D eigenvalue weighted by atomic mass is 32.2. The van der Waals surface area contributed by atoms with Crippen LogP contribution < -0.4 is 10.6 Å². The normalized spacial score (nSPS) is 17.4. The molecule has 1 aliphatic heterocycles. The lowest BCUT2D eigenvalue weighted by atomic mass is 10.2. The van der Waals surface area contributed by atoms with Crippen LogP contribution in [-0.4, -0.2) is 50.5 Å². The van der Waals surface area contributed by atoms with Crippen molar-refractivity contribution in [3.05, 3.63) is 66.2 Å². The van der Waals surface area contributed by atoms with E-state index < -0.39 is 28.1 Å². The van der Waals surface area contributed by atoms with E-state index in [9.17, 15) is 18.0 Å². The molecule has 1 saturated heterocycles. The maximum absolute atomic E-state index is 12.9. The van der Waals surface area contributed by atoms with Gasteiger partial charge in [-0.3, -0.25) is 9.59 Å². The first-order valence-corrected chi connectivity index (χ1v) is 10.7. The van der Waals surface area contributed by atoms with Gasteiger partial charge in [0, 0.05) is 13.1 Å². The van der Waals surface area contributed by atoms with Crippen LogP contribution in [0.25, 0.3) is 0 Å². The molecule has 1 fully saturated rings. The number of rotatable bonds is 6. The summed E-state index contributed by atoms with van der Waals surface area (Å²) in [6, 6.07) is 17.2. The molecule has 3 rings (SSSR count). The molecule has 2 aromatic rings. The van der Waals surface area contributed by atoms with Gasteiger partial charge in [-0.05, 0) is 24.1 Å². The Morgan fingerprint density at radius 2 is 1.59 bits per heavy atom. The lowest BCUT2D eigenvalue weighted by Crippen LogP contribution is -2.53. The quantitative estimate of drug-likeness (QED) is 0.679. The number of hydrogen-bond acceptors (Lipinski definition) is 5. The molecule has 2 N–H and O–H groups in total. The highest BCUT2D eigenvalue weighted by Crippen LogP contribution is 2.21. The molecule has 8 nitrogen and oxygen atoms in total. The van der Waals surface area contributed by atoms with Gasteiger partial charge >= 0.3 is 11.8 Å². The molecule has 9 heteroatoms. The molecule has 0 aliphatic carbocycles. The largest absolute Gasteiger partial charge is 0.360 e. The van der Waals surface area contributed by atoms with Crippen LogP contribution in [0, 0.1) is 0 Å². The maximum Gasteiger partial charge on any atom is 0.309 e. The lowest BCUT2D eigenvalue weighted by molar-refractivity contribution is -0.140. The number of hydrogen-bond donors (Lipinski definition) is 2. The van der Waals surface area contributed by atoms with Gasteiger partial charge < -0.3 is 15.4 Å². The summed E-state index contributed by atoms with van der Waals surface area (Å²) >= 11 is 0. The zero-order valence-electron chi connectivity index (χ0n) is 15.8. The molecule has 29 heavy (non-hydrogen) atoms. The van der Waals surface area contributed by atoms with Crippen molar-refractivity contribution >= 4 is 21.8 Å². The second-order valence-corrected chi connectivity index (χ2v) is 8.38. The molecule has 1 heterocycles.